The number of thiol groups is 1. The quantitative estimate of drug-likeness (QED) is 0.342. The highest BCUT2D eigenvalue weighted by molar-refractivity contribution is 8.07. The van der Waals surface area contributed by atoms with Gasteiger partial charge in [0.05, 0.1) is 0 Å². The Morgan fingerprint density at radius 2 is 2.10 bits per heavy atom. The summed E-state index contributed by atoms with van der Waals surface area (Å²) in [5.74, 6) is 0.448. The molecular weight excluding hydrogens is 272 g/mol. The van der Waals surface area contributed by atoms with E-state index < -0.39 is 5.66 Å². The third-order valence-corrected chi connectivity index (χ3v) is 5.95. The van der Waals surface area contributed by atoms with Gasteiger partial charge in [-0.2, -0.15) is 0 Å². The van der Waals surface area contributed by atoms with Gasteiger partial charge in [0, 0.05) is 12.1 Å². The van der Waals surface area contributed by atoms with Crippen LogP contribution in [-0.2, 0) is 0 Å². The van der Waals surface area contributed by atoms with Gasteiger partial charge in [-0.05, 0) is 47.1 Å². The Morgan fingerprint density at radius 3 is 2.55 bits per heavy atom. The Bertz CT molecular complexity index is 359. The average molecular weight is 300 g/mol. The molecule has 2 rings (SSSR count). The normalized spacial score (nSPS) is 40.9. The second-order valence-corrected chi connectivity index (χ2v) is 7.10. The predicted molar refractivity (Wildman–Crippen MR) is 86.5 cm³/mol. The van der Waals surface area contributed by atoms with Crippen LogP contribution in [0.2, 0.25) is 5.82 Å². The summed E-state index contributed by atoms with van der Waals surface area (Å²) in [7, 11) is 2.07. The minimum atomic E-state index is -0.540. The van der Waals surface area contributed by atoms with E-state index in [9.17, 15) is 0 Å². The first kappa shape index (κ1) is 16.6. The molecule has 0 aromatic heterocycles. The summed E-state index contributed by atoms with van der Waals surface area (Å²) in [5, 5.41) is 4.56. The molecule has 2 aliphatic rings. The summed E-state index contributed by atoms with van der Waals surface area (Å²) in [5.41, 5.74) is -0.824. The minimum absolute atomic E-state index is 0.0123. The smallest absolute Gasteiger partial charge is 0.190 e. The van der Waals surface area contributed by atoms with Crippen LogP contribution in [0.25, 0.3) is 0 Å². The Hall–Kier alpha value is 0.225. The van der Waals surface area contributed by atoms with Gasteiger partial charge in [-0.15, -0.1) is 9.60 Å². The number of halogens is 1. The second kappa shape index (κ2) is 5.78. The largest absolute Gasteiger partial charge is 0.284 e. The van der Waals surface area contributed by atoms with Crippen LogP contribution in [0.4, 0.5) is 4.48 Å². The molecule has 4 atom stereocenters. The fourth-order valence-electron chi connectivity index (χ4n) is 3.76. The first-order chi connectivity index (χ1) is 9.32. The molecule has 1 radical (unpaired) electrons. The Balaban J connectivity index is 2.10. The third kappa shape index (κ3) is 2.42. The Kier molecular flexibility index (Phi) is 4.80. The maximum absolute atomic E-state index is 15.1. The highest BCUT2D eigenvalue weighted by Gasteiger charge is 2.70. The van der Waals surface area contributed by atoms with Crippen LogP contribution in [0.1, 0.15) is 53.4 Å². The van der Waals surface area contributed by atoms with Crippen LogP contribution in [-0.4, -0.2) is 47.0 Å². The summed E-state index contributed by atoms with van der Waals surface area (Å²) in [4.78, 5) is 2.24. The number of nitrogens with zero attached hydrogens (tertiary/aromatic N) is 2. The molecule has 1 N–H and O–H groups in total. The molecule has 3 nitrogen and oxygen atoms in total. The van der Waals surface area contributed by atoms with Crippen molar-refractivity contribution in [3.63, 3.8) is 0 Å². The van der Waals surface area contributed by atoms with E-state index in [4.69, 9.17) is 0 Å². The molecule has 115 valence electrons. The summed E-state index contributed by atoms with van der Waals surface area (Å²) >= 11 is 4.24. The Labute approximate surface area is 129 Å². The van der Waals surface area contributed by atoms with E-state index in [0.717, 1.165) is 30.8 Å². The summed E-state index contributed by atoms with van der Waals surface area (Å²) < 4.78 is 15.1. The zero-order chi connectivity index (χ0) is 15.1. The number of nitrogens with one attached hydrogen (secondary N) is 1. The number of hydrogen-bond donors (Lipinski definition) is 2. The van der Waals surface area contributed by atoms with Crippen molar-refractivity contribution in [2.24, 2.45) is 0 Å². The molecule has 0 amide bonds. The van der Waals surface area contributed by atoms with Crippen LogP contribution < -0.4 is 5.32 Å². The molecule has 1 aliphatic heterocycles. The first-order valence-electron chi connectivity index (χ1n) is 7.77. The van der Waals surface area contributed by atoms with Crippen molar-refractivity contribution in [2.75, 3.05) is 7.05 Å². The predicted octanol–water partition coefficient (Wildman–Crippen LogP) is 2.83. The van der Waals surface area contributed by atoms with Gasteiger partial charge < -0.3 is 0 Å². The van der Waals surface area contributed by atoms with Crippen LogP contribution in [0.5, 0.6) is 0 Å². The van der Waals surface area contributed by atoms with Gasteiger partial charge in [-0.1, -0.05) is 19.2 Å². The summed E-state index contributed by atoms with van der Waals surface area (Å²) in [6.07, 6.45) is 3.61. The summed E-state index contributed by atoms with van der Waals surface area (Å²) in [6, 6.07) is 0.398. The molecule has 1 aliphatic carbocycles. The molecule has 20 heavy (non-hydrogen) atoms. The molecule has 1 heterocycles. The molecule has 0 aromatic rings. The minimum Gasteiger partial charge on any atom is -0.284 e. The molecule has 6 heteroatoms. The van der Waals surface area contributed by atoms with Crippen molar-refractivity contribution in [2.45, 2.75) is 82.6 Å². The van der Waals surface area contributed by atoms with E-state index >= 15 is 4.48 Å². The lowest BCUT2D eigenvalue weighted by Crippen LogP contribution is -2.50. The van der Waals surface area contributed by atoms with Crippen LogP contribution in [0.3, 0.4) is 0 Å². The van der Waals surface area contributed by atoms with Gasteiger partial charge in [0.2, 0.25) is 0 Å². The molecule has 1 saturated carbocycles. The van der Waals surface area contributed by atoms with Crippen molar-refractivity contribution in [3.8, 4) is 0 Å². The van der Waals surface area contributed by atoms with Gasteiger partial charge in [0.25, 0.3) is 0 Å². The van der Waals surface area contributed by atoms with Crippen molar-refractivity contribution in [1.29, 1.82) is 0 Å². The van der Waals surface area contributed by atoms with E-state index in [1.54, 1.807) is 0 Å². The van der Waals surface area contributed by atoms with Gasteiger partial charge in [-0.25, -0.2) is 12.5 Å². The topological polar surface area (TPSA) is 28.4 Å². The van der Waals surface area contributed by atoms with E-state index in [1.165, 1.54) is 0 Å². The number of rotatable bonds is 6. The highest BCUT2D eigenvalue weighted by atomic mass is 32.1. The highest BCUT2D eigenvalue weighted by Crippen LogP contribution is 2.50. The zero-order valence-corrected chi connectivity index (χ0v) is 14.3. The molecule has 0 aromatic carbocycles. The maximum atomic E-state index is 15.1. The SMILES string of the molecule is CCC1(N(F)C2CCC([B]S)C2)NC1(C)N(C)C(C)C. The molecule has 2 fully saturated rings. The average Bonchev–Trinajstić information content (AvgIpc) is 2.84. The van der Waals surface area contributed by atoms with Crippen molar-refractivity contribution < 1.29 is 4.48 Å². The van der Waals surface area contributed by atoms with E-state index in [-0.39, 0.29) is 11.7 Å². The van der Waals surface area contributed by atoms with Crippen molar-refractivity contribution >= 4 is 19.0 Å². The van der Waals surface area contributed by atoms with Crippen molar-refractivity contribution in [1.82, 2.24) is 15.3 Å². The van der Waals surface area contributed by atoms with E-state index in [2.05, 4.69) is 57.4 Å². The van der Waals surface area contributed by atoms with Crippen LogP contribution in [0, 0.1) is 0 Å². The van der Waals surface area contributed by atoms with E-state index in [1.807, 2.05) is 6.56 Å². The van der Waals surface area contributed by atoms with Gasteiger partial charge in [0.1, 0.15) is 11.3 Å². The van der Waals surface area contributed by atoms with Gasteiger partial charge in [0.15, 0.2) is 6.56 Å². The number of likely N-dealkylation sites (N-methyl/N-ethyl adjacent to an activating group) is 1. The van der Waals surface area contributed by atoms with E-state index in [0.29, 0.717) is 11.9 Å². The molecular formula is C14H28BFN3S. The van der Waals surface area contributed by atoms with Gasteiger partial charge >= 0.3 is 0 Å². The maximum Gasteiger partial charge on any atom is 0.190 e. The lowest BCUT2D eigenvalue weighted by molar-refractivity contribution is -0.0990. The Morgan fingerprint density at radius 1 is 1.45 bits per heavy atom. The van der Waals surface area contributed by atoms with Crippen LogP contribution >= 0.6 is 12.5 Å². The zero-order valence-electron chi connectivity index (χ0n) is 13.4. The fraction of sp³-hybridized carbons (Fsp3) is 1.00. The van der Waals surface area contributed by atoms with Gasteiger partial charge in [-0.3, -0.25) is 10.2 Å². The molecule has 4 unspecified atom stereocenters. The third-order valence-electron chi connectivity index (χ3n) is 5.53. The monoisotopic (exact) mass is 300 g/mol. The summed E-state index contributed by atoms with van der Waals surface area (Å²) in [6.45, 7) is 10.4. The standard InChI is InChI=1S/C14H28BFN3S/c1-6-14(13(4,17-14)18(5)10(2)3)19(16)12-8-7-11(9-12)15-20/h10-12,17,20H,6-9H2,1-5H3. The van der Waals surface area contributed by atoms with Crippen LogP contribution in [0.15, 0.2) is 0 Å². The lowest BCUT2D eigenvalue weighted by atomic mass is 9.84. The molecule has 0 bridgehead atoms. The molecule has 1 saturated heterocycles. The van der Waals surface area contributed by atoms with Crippen molar-refractivity contribution in [3.05, 3.63) is 0 Å². The number of hydrogen-bond acceptors (Lipinski definition) is 4. The second-order valence-electron chi connectivity index (χ2n) is 6.80. The lowest BCUT2D eigenvalue weighted by Gasteiger charge is -2.35. The molecule has 0 spiro atoms. The fourth-order valence-corrected chi connectivity index (χ4v) is 4.03. The first-order valence-corrected chi connectivity index (χ1v) is 8.29.